The number of hydrogen-bond acceptors (Lipinski definition) is 2. The number of amides is 1. The highest BCUT2D eigenvalue weighted by molar-refractivity contribution is 5.77. The van der Waals surface area contributed by atoms with Gasteiger partial charge in [0.15, 0.2) is 0 Å². The fourth-order valence-corrected chi connectivity index (χ4v) is 3.51. The molecule has 0 unspecified atom stereocenters. The second kappa shape index (κ2) is 8.17. The molecule has 148 valence electrons. The van der Waals surface area contributed by atoms with Crippen LogP contribution in [0.3, 0.4) is 0 Å². The molecule has 0 aliphatic heterocycles. The Hall–Kier alpha value is -2.62. The van der Waals surface area contributed by atoms with Crippen molar-refractivity contribution in [1.29, 1.82) is 0 Å². The Bertz CT molecular complexity index is 948. The third-order valence-electron chi connectivity index (χ3n) is 5.30. The largest absolute Gasteiger partial charge is 0.338 e. The van der Waals surface area contributed by atoms with E-state index in [1.807, 2.05) is 25.2 Å². The van der Waals surface area contributed by atoms with Gasteiger partial charge in [0.2, 0.25) is 5.91 Å². The van der Waals surface area contributed by atoms with E-state index in [9.17, 15) is 4.79 Å². The predicted molar refractivity (Wildman–Crippen MR) is 115 cm³/mol. The van der Waals surface area contributed by atoms with Crippen LogP contribution in [0.4, 0.5) is 0 Å². The molecule has 1 amide bonds. The van der Waals surface area contributed by atoms with Crippen LogP contribution in [0.1, 0.15) is 51.1 Å². The molecule has 1 aromatic heterocycles. The summed E-state index contributed by atoms with van der Waals surface area (Å²) in [5.41, 5.74) is 4.78. The van der Waals surface area contributed by atoms with Crippen LogP contribution in [0.2, 0.25) is 0 Å². The van der Waals surface area contributed by atoms with E-state index in [0.29, 0.717) is 13.0 Å². The Morgan fingerprint density at radius 3 is 2.39 bits per heavy atom. The van der Waals surface area contributed by atoms with Gasteiger partial charge in [0, 0.05) is 20.0 Å². The zero-order chi connectivity index (χ0) is 20.3. The molecule has 0 aliphatic carbocycles. The topological polar surface area (TPSA) is 38.1 Å². The minimum absolute atomic E-state index is 0.148. The maximum Gasteiger partial charge on any atom is 0.223 e. The summed E-state index contributed by atoms with van der Waals surface area (Å²) < 4.78 is 2.18. The van der Waals surface area contributed by atoms with Crippen LogP contribution in [0.5, 0.6) is 0 Å². The maximum absolute atomic E-state index is 12.7. The van der Waals surface area contributed by atoms with Crippen molar-refractivity contribution in [3.8, 4) is 0 Å². The fraction of sp³-hybridized carbons (Fsp3) is 0.417. The van der Waals surface area contributed by atoms with Crippen LogP contribution in [0.25, 0.3) is 11.0 Å². The number of para-hydroxylation sites is 2. The molecule has 0 spiro atoms. The van der Waals surface area contributed by atoms with Gasteiger partial charge in [-0.1, -0.05) is 57.2 Å². The predicted octanol–water partition coefficient (Wildman–Crippen LogP) is 4.94. The van der Waals surface area contributed by atoms with Crippen LogP contribution in [0, 0.1) is 0 Å². The fourth-order valence-electron chi connectivity index (χ4n) is 3.51. The van der Waals surface area contributed by atoms with E-state index in [1.54, 1.807) is 4.90 Å². The number of hydrogen-bond donors (Lipinski definition) is 0. The Morgan fingerprint density at radius 1 is 1.07 bits per heavy atom. The zero-order valence-corrected chi connectivity index (χ0v) is 17.7. The van der Waals surface area contributed by atoms with Crippen LogP contribution in [-0.4, -0.2) is 27.4 Å². The molecular weight excluding hydrogens is 346 g/mol. The molecule has 0 fully saturated rings. The molecule has 0 aliphatic rings. The Kier molecular flexibility index (Phi) is 5.87. The minimum atomic E-state index is 0.148. The van der Waals surface area contributed by atoms with Gasteiger partial charge >= 0.3 is 0 Å². The first-order valence-corrected chi connectivity index (χ1v) is 10.1. The van der Waals surface area contributed by atoms with E-state index in [4.69, 9.17) is 4.98 Å². The standard InChI is InChI=1S/C24H31N3O/c1-6-27-21-10-8-7-9-20(21)25-22(27)17-26(5)23(28)16-13-18-11-14-19(15-12-18)24(2,3)4/h7-12,14-15H,6,13,16-17H2,1-5H3. The third-order valence-corrected chi connectivity index (χ3v) is 5.30. The summed E-state index contributed by atoms with van der Waals surface area (Å²) in [6.07, 6.45) is 1.27. The summed E-state index contributed by atoms with van der Waals surface area (Å²) in [4.78, 5) is 19.2. The lowest BCUT2D eigenvalue weighted by molar-refractivity contribution is -0.130. The molecule has 0 saturated heterocycles. The van der Waals surface area contributed by atoms with Crippen LogP contribution >= 0.6 is 0 Å². The SMILES string of the molecule is CCn1c(CN(C)C(=O)CCc2ccc(C(C)(C)C)cc2)nc2ccccc21. The molecule has 4 heteroatoms. The first kappa shape index (κ1) is 20.1. The van der Waals surface area contributed by atoms with Gasteiger partial charge in [-0.2, -0.15) is 0 Å². The summed E-state index contributed by atoms with van der Waals surface area (Å²) in [5, 5.41) is 0. The molecular formula is C24H31N3O. The second-order valence-electron chi connectivity index (χ2n) is 8.46. The minimum Gasteiger partial charge on any atom is -0.338 e. The van der Waals surface area contributed by atoms with Gasteiger partial charge in [-0.3, -0.25) is 4.79 Å². The Labute approximate surface area is 168 Å². The number of nitrogens with zero attached hydrogens (tertiary/aromatic N) is 3. The van der Waals surface area contributed by atoms with Crippen molar-refractivity contribution in [1.82, 2.24) is 14.5 Å². The lowest BCUT2D eigenvalue weighted by Crippen LogP contribution is -2.28. The summed E-state index contributed by atoms with van der Waals surface area (Å²) >= 11 is 0. The van der Waals surface area contributed by atoms with Crippen molar-refractivity contribution in [2.45, 2.75) is 59.0 Å². The van der Waals surface area contributed by atoms with Crippen molar-refractivity contribution in [2.24, 2.45) is 0 Å². The van der Waals surface area contributed by atoms with E-state index in [1.165, 1.54) is 11.1 Å². The van der Waals surface area contributed by atoms with Gasteiger partial charge in [-0.25, -0.2) is 4.98 Å². The lowest BCUT2D eigenvalue weighted by atomic mass is 9.86. The smallest absolute Gasteiger partial charge is 0.223 e. The number of carbonyl (C=O) groups excluding carboxylic acids is 1. The molecule has 3 aromatic rings. The second-order valence-corrected chi connectivity index (χ2v) is 8.46. The molecule has 0 atom stereocenters. The van der Waals surface area contributed by atoms with Crippen molar-refractivity contribution in [3.63, 3.8) is 0 Å². The number of rotatable bonds is 6. The number of carbonyl (C=O) groups is 1. The molecule has 4 nitrogen and oxygen atoms in total. The summed E-state index contributed by atoms with van der Waals surface area (Å²) in [6, 6.07) is 16.8. The highest BCUT2D eigenvalue weighted by Gasteiger charge is 2.16. The van der Waals surface area contributed by atoms with Crippen LogP contribution < -0.4 is 0 Å². The van der Waals surface area contributed by atoms with E-state index < -0.39 is 0 Å². The number of fused-ring (bicyclic) bond motifs is 1. The van der Waals surface area contributed by atoms with Gasteiger partial charge in [0.25, 0.3) is 0 Å². The van der Waals surface area contributed by atoms with E-state index >= 15 is 0 Å². The number of benzene rings is 2. The third kappa shape index (κ3) is 4.44. The first-order chi connectivity index (χ1) is 13.3. The van der Waals surface area contributed by atoms with Gasteiger partial charge in [0.05, 0.1) is 17.6 Å². The van der Waals surface area contributed by atoms with Crippen LogP contribution in [0.15, 0.2) is 48.5 Å². The maximum atomic E-state index is 12.7. The van der Waals surface area contributed by atoms with Gasteiger partial charge in [0.1, 0.15) is 5.82 Å². The molecule has 1 heterocycles. The summed E-state index contributed by atoms with van der Waals surface area (Å²) in [6.45, 7) is 10.1. The molecule has 2 aromatic carbocycles. The molecule has 0 radical (unpaired) electrons. The average Bonchev–Trinajstić information content (AvgIpc) is 3.02. The Morgan fingerprint density at radius 2 is 1.75 bits per heavy atom. The van der Waals surface area contributed by atoms with Gasteiger partial charge < -0.3 is 9.47 Å². The van der Waals surface area contributed by atoms with Crippen molar-refractivity contribution in [3.05, 3.63) is 65.5 Å². The molecule has 3 rings (SSSR count). The van der Waals surface area contributed by atoms with Gasteiger partial charge in [-0.15, -0.1) is 0 Å². The quantitative estimate of drug-likeness (QED) is 0.610. The zero-order valence-electron chi connectivity index (χ0n) is 17.7. The highest BCUT2D eigenvalue weighted by atomic mass is 16.2. The molecule has 0 N–H and O–H groups in total. The number of imidazole rings is 1. The van der Waals surface area contributed by atoms with Crippen molar-refractivity contribution < 1.29 is 4.79 Å². The first-order valence-electron chi connectivity index (χ1n) is 10.1. The number of aromatic nitrogens is 2. The van der Waals surface area contributed by atoms with E-state index in [0.717, 1.165) is 29.8 Å². The van der Waals surface area contributed by atoms with Crippen molar-refractivity contribution >= 4 is 16.9 Å². The number of aryl methyl sites for hydroxylation is 2. The molecule has 28 heavy (non-hydrogen) atoms. The summed E-state index contributed by atoms with van der Waals surface area (Å²) in [7, 11) is 1.87. The van der Waals surface area contributed by atoms with Crippen LogP contribution in [-0.2, 0) is 29.7 Å². The highest BCUT2D eigenvalue weighted by Crippen LogP contribution is 2.22. The van der Waals surface area contributed by atoms with E-state index in [-0.39, 0.29) is 11.3 Å². The van der Waals surface area contributed by atoms with E-state index in [2.05, 4.69) is 62.6 Å². The monoisotopic (exact) mass is 377 g/mol. The normalized spacial score (nSPS) is 11.8. The summed E-state index contributed by atoms with van der Waals surface area (Å²) in [5.74, 6) is 1.09. The molecule has 0 bridgehead atoms. The van der Waals surface area contributed by atoms with Gasteiger partial charge in [-0.05, 0) is 42.0 Å². The average molecular weight is 378 g/mol. The lowest BCUT2D eigenvalue weighted by Gasteiger charge is -2.19. The molecule has 0 saturated carbocycles. The van der Waals surface area contributed by atoms with Crippen molar-refractivity contribution in [2.75, 3.05) is 7.05 Å². The Balaban J connectivity index is 1.62.